The minimum atomic E-state index is -3.89. The summed E-state index contributed by atoms with van der Waals surface area (Å²) in [6.45, 7) is 5.53. The molecule has 1 atom stereocenters. The number of nitrogens with zero attached hydrogens (tertiary/aromatic N) is 1. The molecule has 0 heterocycles. The fourth-order valence-electron chi connectivity index (χ4n) is 2.91. The first-order valence-corrected chi connectivity index (χ1v) is 11.6. The largest absolute Gasteiger partial charge is 0.353 e. The Morgan fingerprint density at radius 1 is 1.10 bits per heavy atom. The zero-order chi connectivity index (χ0) is 21.6. The van der Waals surface area contributed by atoms with Crippen LogP contribution in [0.5, 0.6) is 0 Å². The van der Waals surface area contributed by atoms with E-state index in [1.165, 1.54) is 0 Å². The van der Waals surface area contributed by atoms with Gasteiger partial charge in [-0.1, -0.05) is 60.3 Å². The van der Waals surface area contributed by atoms with Gasteiger partial charge in [-0.15, -0.1) is 0 Å². The number of carbonyl (C=O) groups excluding carboxylic acids is 1. The average Bonchev–Trinajstić information content (AvgIpc) is 2.64. The SMILES string of the molecule is CCC[C@@H](C)NC(=O)CN(Cc1ccc(Cl)c(Cl)c1)S(=O)(=O)c1ccc(C)cc1. The Kier molecular flexibility index (Phi) is 8.52. The van der Waals surface area contributed by atoms with Crippen molar-refractivity contribution in [3.8, 4) is 0 Å². The lowest BCUT2D eigenvalue weighted by Crippen LogP contribution is -2.43. The van der Waals surface area contributed by atoms with Crippen LogP contribution in [0.3, 0.4) is 0 Å². The molecular weight excluding hydrogens is 431 g/mol. The maximum absolute atomic E-state index is 13.2. The molecular formula is C21H26Cl2N2O3S. The predicted molar refractivity (Wildman–Crippen MR) is 118 cm³/mol. The molecule has 29 heavy (non-hydrogen) atoms. The third-order valence-corrected chi connectivity index (χ3v) is 7.00. The summed E-state index contributed by atoms with van der Waals surface area (Å²) in [5, 5.41) is 3.57. The molecule has 0 saturated heterocycles. The molecule has 0 aromatic heterocycles. The molecule has 158 valence electrons. The highest BCUT2D eigenvalue weighted by Crippen LogP contribution is 2.25. The van der Waals surface area contributed by atoms with Crippen LogP contribution in [0.1, 0.15) is 37.8 Å². The molecule has 1 N–H and O–H groups in total. The van der Waals surface area contributed by atoms with E-state index in [2.05, 4.69) is 5.32 Å². The molecule has 0 aliphatic rings. The Morgan fingerprint density at radius 3 is 2.34 bits per heavy atom. The number of hydrogen-bond donors (Lipinski definition) is 1. The summed E-state index contributed by atoms with van der Waals surface area (Å²) >= 11 is 12.0. The molecule has 0 saturated carbocycles. The molecule has 0 spiro atoms. The third kappa shape index (κ3) is 6.71. The van der Waals surface area contributed by atoms with E-state index in [0.717, 1.165) is 22.7 Å². The summed E-state index contributed by atoms with van der Waals surface area (Å²) in [6, 6.07) is 11.4. The van der Waals surface area contributed by atoms with Crippen LogP contribution in [0.2, 0.25) is 10.0 Å². The molecule has 0 bridgehead atoms. The predicted octanol–water partition coefficient (Wildman–Crippen LogP) is 4.80. The first kappa shape index (κ1) is 23.7. The minimum absolute atomic E-state index is 0.00266. The molecule has 0 aliphatic heterocycles. The Bertz CT molecular complexity index is 947. The highest BCUT2D eigenvalue weighted by molar-refractivity contribution is 7.89. The summed E-state index contributed by atoms with van der Waals surface area (Å²) in [5.41, 5.74) is 1.59. The molecule has 2 aromatic rings. The van der Waals surface area contributed by atoms with Crippen molar-refractivity contribution >= 4 is 39.1 Å². The van der Waals surface area contributed by atoms with Gasteiger partial charge in [-0.25, -0.2) is 8.42 Å². The molecule has 0 fully saturated rings. The van der Waals surface area contributed by atoms with Crippen LogP contribution in [0.4, 0.5) is 0 Å². The monoisotopic (exact) mass is 456 g/mol. The molecule has 0 unspecified atom stereocenters. The lowest BCUT2D eigenvalue weighted by molar-refractivity contribution is -0.122. The van der Waals surface area contributed by atoms with E-state index in [1.807, 2.05) is 20.8 Å². The Hall–Kier alpha value is -1.60. The number of sulfonamides is 1. The number of benzene rings is 2. The van der Waals surface area contributed by atoms with E-state index in [4.69, 9.17) is 23.2 Å². The van der Waals surface area contributed by atoms with Crippen LogP contribution < -0.4 is 5.32 Å². The van der Waals surface area contributed by atoms with E-state index in [1.54, 1.807) is 42.5 Å². The second-order valence-electron chi connectivity index (χ2n) is 7.09. The lowest BCUT2D eigenvalue weighted by Gasteiger charge is -2.23. The Balaban J connectivity index is 2.32. The van der Waals surface area contributed by atoms with Crippen molar-refractivity contribution in [2.24, 2.45) is 0 Å². The van der Waals surface area contributed by atoms with Crippen molar-refractivity contribution in [3.63, 3.8) is 0 Å². The zero-order valence-corrected chi connectivity index (χ0v) is 19.1. The maximum atomic E-state index is 13.2. The topological polar surface area (TPSA) is 66.5 Å². The van der Waals surface area contributed by atoms with Crippen LogP contribution in [0.25, 0.3) is 0 Å². The van der Waals surface area contributed by atoms with Crippen LogP contribution in [-0.2, 0) is 21.4 Å². The quantitative estimate of drug-likeness (QED) is 0.589. The number of amides is 1. The van der Waals surface area contributed by atoms with Crippen LogP contribution in [0, 0.1) is 6.92 Å². The molecule has 5 nitrogen and oxygen atoms in total. The number of nitrogens with one attached hydrogen (secondary N) is 1. The van der Waals surface area contributed by atoms with E-state index in [-0.39, 0.29) is 29.9 Å². The number of halogens is 2. The molecule has 0 radical (unpaired) electrons. The van der Waals surface area contributed by atoms with E-state index in [9.17, 15) is 13.2 Å². The van der Waals surface area contributed by atoms with Crippen molar-refractivity contribution in [1.82, 2.24) is 9.62 Å². The van der Waals surface area contributed by atoms with Gasteiger partial charge in [-0.05, 0) is 50.1 Å². The highest BCUT2D eigenvalue weighted by atomic mass is 35.5. The Labute approximate surface area is 183 Å². The van der Waals surface area contributed by atoms with Gasteiger partial charge >= 0.3 is 0 Å². The lowest BCUT2D eigenvalue weighted by atomic mass is 10.2. The Morgan fingerprint density at radius 2 is 1.76 bits per heavy atom. The molecule has 2 rings (SSSR count). The summed E-state index contributed by atoms with van der Waals surface area (Å²) in [6.07, 6.45) is 1.75. The van der Waals surface area contributed by atoms with E-state index < -0.39 is 10.0 Å². The van der Waals surface area contributed by atoms with Crippen molar-refractivity contribution in [1.29, 1.82) is 0 Å². The normalized spacial score (nSPS) is 12.8. The zero-order valence-electron chi connectivity index (χ0n) is 16.8. The first-order valence-electron chi connectivity index (χ1n) is 9.43. The average molecular weight is 457 g/mol. The van der Waals surface area contributed by atoms with Crippen molar-refractivity contribution in [3.05, 3.63) is 63.6 Å². The number of rotatable bonds is 9. The van der Waals surface area contributed by atoms with Crippen molar-refractivity contribution in [2.75, 3.05) is 6.54 Å². The van der Waals surface area contributed by atoms with Crippen LogP contribution in [-0.4, -0.2) is 31.2 Å². The van der Waals surface area contributed by atoms with Crippen molar-refractivity contribution in [2.45, 2.75) is 51.1 Å². The summed E-state index contributed by atoms with van der Waals surface area (Å²) in [7, 11) is -3.89. The first-order chi connectivity index (χ1) is 13.6. The number of aryl methyl sites for hydroxylation is 1. The second kappa shape index (κ2) is 10.4. The van der Waals surface area contributed by atoms with Crippen LogP contribution >= 0.6 is 23.2 Å². The van der Waals surface area contributed by atoms with Gasteiger partial charge in [0, 0.05) is 12.6 Å². The third-order valence-electron chi connectivity index (χ3n) is 4.45. The molecule has 1 amide bonds. The van der Waals surface area contributed by atoms with Gasteiger partial charge < -0.3 is 5.32 Å². The summed E-state index contributed by atoms with van der Waals surface area (Å²) in [4.78, 5) is 12.7. The summed E-state index contributed by atoms with van der Waals surface area (Å²) < 4.78 is 27.6. The fraction of sp³-hybridized carbons (Fsp3) is 0.381. The minimum Gasteiger partial charge on any atom is -0.353 e. The fourth-order valence-corrected chi connectivity index (χ4v) is 4.62. The molecule has 2 aromatic carbocycles. The van der Waals surface area contributed by atoms with Gasteiger partial charge in [-0.2, -0.15) is 4.31 Å². The van der Waals surface area contributed by atoms with Gasteiger partial charge in [0.2, 0.25) is 15.9 Å². The van der Waals surface area contributed by atoms with Gasteiger partial charge in [0.1, 0.15) is 0 Å². The van der Waals surface area contributed by atoms with Gasteiger partial charge in [0.25, 0.3) is 0 Å². The van der Waals surface area contributed by atoms with Gasteiger partial charge in [0.15, 0.2) is 0 Å². The van der Waals surface area contributed by atoms with E-state index in [0.29, 0.717) is 15.6 Å². The number of carbonyl (C=O) groups is 1. The highest BCUT2D eigenvalue weighted by Gasteiger charge is 2.27. The molecule has 0 aliphatic carbocycles. The standard InChI is InChI=1S/C21H26Cl2N2O3S/c1-4-5-16(3)24-21(26)14-25(13-17-8-11-19(22)20(23)12-17)29(27,28)18-9-6-15(2)7-10-18/h6-12,16H,4-5,13-14H2,1-3H3,(H,24,26)/t16-/m1/s1. The molecule has 8 heteroatoms. The second-order valence-corrected chi connectivity index (χ2v) is 9.84. The van der Waals surface area contributed by atoms with Gasteiger partial charge in [-0.3, -0.25) is 4.79 Å². The van der Waals surface area contributed by atoms with Gasteiger partial charge in [0.05, 0.1) is 21.5 Å². The van der Waals surface area contributed by atoms with Crippen molar-refractivity contribution < 1.29 is 13.2 Å². The number of hydrogen-bond acceptors (Lipinski definition) is 3. The smallest absolute Gasteiger partial charge is 0.243 e. The van der Waals surface area contributed by atoms with Crippen LogP contribution in [0.15, 0.2) is 47.4 Å². The van der Waals surface area contributed by atoms with E-state index >= 15 is 0 Å². The maximum Gasteiger partial charge on any atom is 0.243 e. The summed E-state index contributed by atoms with van der Waals surface area (Å²) in [5.74, 6) is -0.346.